The molecule has 4 aliphatic rings. The summed E-state index contributed by atoms with van der Waals surface area (Å²) in [5, 5.41) is 10.2. The Morgan fingerprint density at radius 1 is 1.07 bits per heavy atom. The first-order valence-corrected chi connectivity index (χ1v) is 12.7. The molecule has 4 rings (SSSR count). The molecule has 0 aromatic carbocycles. The molecule has 0 aromatic rings. The van der Waals surface area contributed by atoms with Gasteiger partial charge in [0.1, 0.15) is 0 Å². The number of aliphatic hydroxyl groups excluding tert-OH is 1. The smallest absolute Gasteiger partial charge is 0.0543 e. The number of hydrogen-bond acceptors (Lipinski definition) is 1. The molecule has 3 saturated carbocycles. The van der Waals surface area contributed by atoms with Crippen LogP contribution in [0.3, 0.4) is 0 Å². The van der Waals surface area contributed by atoms with Gasteiger partial charge in [0.25, 0.3) is 0 Å². The number of allylic oxidation sites excluding steroid dienone is 4. The molecule has 1 heteroatoms. The monoisotopic (exact) mass is 398 g/mol. The predicted octanol–water partition coefficient (Wildman–Crippen LogP) is 7.55. The lowest BCUT2D eigenvalue weighted by atomic mass is 9.48. The molecule has 8 atom stereocenters. The van der Waals surface area contributed by atoms with Crippen molar-refractivity contribution >= 4 is 0 Å². The summed E-state index contributed by atoms with van der Waals surface area (Å²) in [6.07, 6.45) is 16.7. The Hall–Kier alpha value is -0.560. The van der Waals surface area contributed by atoms with E-state index in [1.165, 1.54) is 44.9 Å². The van der Waals surface area contributed by atoms with Crippen LogP contribution in [0.5, 0.6) is 0 Å². The predicted molar refractivity (Wildman–Crippen MR) is 124 cm³/mol. The Morgan fingerprint density at radius 2 is 1.76 bits per heavy atom. The van der Waals surface area contributed by atoms with Crippen LogP contribution in [0.25, 0.3) is 0 Å². The molecular formula is C28H46O. The zero-order valence-electron chi connectivity index (χ0n) is 20.0. The normalized spacial score (nSPS) is 46.0. The minimum absolute atomic E-state index is 0.0454. The maximum Gasteiger partial charge on any atom is 0.0543 e. The van der Waals surface area contributed by atoms with Gasteiger partial charge < -0.3 is 5.11 Å². The number of fused-ring (bicyclic) bond motifs is 5. The molecule has 29 heavy (non-hydrogen) atoms. The molecule has 0 saturated heterocycles. The van der Waals surface area contributed by atoms with E-state index < -0.39 is 0 Å². The van der Waals surface area contributed by atoms with Crippen LogP contribution in [0.2, 0.25) is 0 Å². The lowest BCUT2D eigenvalue weighted by Crippen LogP contribution is -2.49. The average Bonchev–Trinajstić information content (AvgIpc) is 3.02. The van der Waals surface area contributed by atoms with Crippen LogP contribution >= 0.6 is 0 Å². The fourth-order valence-electron chi connectivity index (χ4n) is 8.02. The third-order valence-electron chi connectivity index (χ3n) is 10.7. The lowest BCUT2D eigenvalue weighted by Gasteiger charge is -2.57. The first-order chi connectivity index (χ1) is 13.7. The molecular weight excluding hydrogens is 352 g/mol. The van der Waals surface area contributed by atoms with Crippen LogP contribution < -0.4 is 0 Å². The topological polar surface area (TPSA) is 20.2 Å². The molecule has 1 nitrogen and oxygen atoms in total. The maximum atomic E-state index is 10.2. The van der Waals surface area contributed by atoms with E-state index in [1.54, 1.807) is 5.57 Å². The van der Waals surface area contributed by atoms with E-state index in [0.717, 1.165) is 36.5 Å². The highest BCUT2D eigenvalue weighted by Crippen LogP contribution is 2.66. The van der Waals surface area contributed by atoms with Crippen LogP contribution in [-0.2, 0) is 0 Å². The van der Waals surface area contributed by atoms with Gasteiger partial charge in [-0.25, -0.2) is 0 Å². The Morgan fingerprint density at radius 3 is 2.48 bits per heavy atom. The summed E-state index contributed by atoms with van der Waals surface area (Å²) in [6.45, 7) is 14.7. The van der Waals surface area contributed by atoms with Crippen LogP contribution in [0.4, 0.5) is 0 Å². The fraction of sp³-hybridized carbons (Fsp3) is 0.857. The van der Waals surface area contributed by atoms with Crippen molar-refractivity contribution in [2.75, 3.05) is 0 Å². The lowest BCUT2D eigenvalue weighted by molar-refractivity contribution is -0.0397. The largest absolute Gasteiger partial charge is 0.393 e. The second-order valence-corrected chi connectivity index (χ2v) is 12.2. The minimum Gasteiger partial charge on any atom is -0.393 e. The van der Waals surface area contributed by atoms with Crippen molar-refractivity contribution in [2.24, 2.45) is 46.3 Å². The summed E-state index contributed by atoms with van der Waals surface area (Å²) in [7, 11) is 0. The molecule has 4 aliphatic carbocycles. The van der Waals surface area contributed by atoms with E-state index >= 15 is 0 Å². The van der Waals surface area contributed by atoms with Crippen molar-refractivity contribution < 1.29 is 5.11 Å². The molecule has 1 N–H and O–H groups in total. The van der Waals surface area contributed by atoms with Gasteiger partial charge >= 0.3 is 0 Å². The summed E-state index contributed by atoms with van der Waals surface area (Å²) < 4.78 is 0. The molecule has 0 heterocycles. The highest BCUT2D eigenvalue weighted by atomic mass is 16.3. The maximum absolute atomic E-state index is 10.2. The summed E-state index contributed by atoms with van der Waals surface area (Å²) in [5.74, 6) is 4.64. The van der Waals surface area contributed by atoms with Crippen LogP contribution in [0.15, 0.2) is 23.3 Å². The Bertz CT molecular complexity index is 672. The van der Waals surface area contributed by atoms with E-state index in [2.05, 4.69) is 53.7 Å². The van der Waals surface area contributed by atoms with Crippen molar-refractivity contribution in [1.29, 1.82) is 0 Å². The third kappa shape index (κ3) is 3.58. The molecule has 0 amide bonds. The SMILES string of the molecule is C/C(=C\C[C@@H]1CC[C@@H]2C3=CC[C@@H]4C[C@H](O)CC[C@]4(C)[C@@H]3CC[C@]12C)[C@@H](C)C(C)C. The van der Waals surface area contributed by atoms with Gasteiger partial charge in [0, 0.05) is 0 Å². The van der Waals surface area contributed by atoms with Gasteiger partial charge in [-0.1, -0.05) is 57.9 Å². The molecule has 0 aromatic heterocycles. The van der Waals surface area contributed by atoms with Gasteiger partial charge in [0.2, 0.25) is 0 Å². The first-order valence-electron chi connectivity index (χ1n) is 12.7. The van der Waals surface area contributed by atoms with Crippen molar-refractivity contribution in [1.82, 2.24) is 0 Å². The second-order valence-electron chi connectivity index (χ2n) is 12.2. The summed E-state index contributed by atoms with van der Waals surface area (Å²) in [6, 6.07) is 0. The zero-order valence-corrected chi connectivity index (χ0v) is 20.0. The third-order valence-corrected chi connectivity index (χ3v) is 10.7. The number of rotatable bonds is 4. The van der Waals surface area contributed by atoms with E-state index in [1.807, 2.05) is 5.57 Å². The van der Waals surface area contributed by atoms with Crippen LogP contribution in [0, 0.1) is 46.3 Å². The average molecular weight is 399 g/mol. The standard InChI is InChI=1S/C28H46O/c1-18(2)20(4)19(3)7-8-21-10-12-25-24-11-9-22-17-23(29)13-15-28(22,6)26(24)14-16-27(21,25)5/h7,11,18,20-23,25-26,29H,8-10,12-17H2,1-6H3/b19-7+/t20-,21+,22+,23+,25+,26+,27+,28-/m0/s1. The second kappa shape index (κ2) is 7.85. The number of hydrogen-bond donors (Lipinski definition) is 1. The molecule has 0 aliphatic heterocycles. The quantitative estimate of drug-likeness (QED) is 0.484. The molecule has 0 unspecified atom stereocenters. The molecule has 0 spiro atoms. The summed E-state index contributed by atoms with van der Waals surface area (Å²) in [4.78, 5) is 0. The summed E-state index contributed by atoms with van der Waals surface area (Å²) in [5.41, 5.74) is 4.42. The minimum atomic E-state index is -0.0454. The van der Waals surface area contributed by atoms with Gasteiger partial charge in [-0.05, 0) is 111 Å². The fourth-order valence-corrected chi connectivity index (χ4v) is 8.02. The van der Waals surface area contributed by atoms with Gasteiger partial charge in [0.05, 0.1) is 6.10 Å². The van der Waals surface area contributed by atoms with Gasteiger partial charge in [0.15, 0.2) is 0 Å². The Kier molecular flexibility index (Phi) is 5.86. The van der Waals surface area contributed by atoms with Gasteiger partial charge in [-0.3, -0.25) is 0 Å². The van der Waals surface area contributed by atoms with E-state index in [-0.39, 0.29) is 6.10 Å². The zero-order chi connectivity index (χ0) is 21.0. The van der Waals surface area contributed by atoms with Crippen molar-refractivity contribution in [2.45, 2.75) is 105 Å². The van der Waals surface area contributed by atoms with Crippen molar-refractivity contribution in [3.8, 4) is 0 Å². The first kappa shape index (κ1) is 21.7. The molecule has 0 bridgehead atoms. The van der Waals surface area contributed by atoms with Crippen molar-refractivity contribution in [3.05, 3.63) is 23.3 Å². The van der Waals surface area contributed by atoms with E-state index in [9.17, 15) is 5.11 Å². The number of aliphatic hydroxyl groups is 1. The van der Waals surface area contributed by atoms with Crippen LogP contribution in [-0.4, -0.2) is 11.2 Å². The highest BCUT2D eigenvalue weighted by molar-refractivity contribution is 5.28. The van der Waals surface area contributed by atoms with E-state index in [4.69, 9.17) is 0 Å². The van der Waals surface area contributed by atoms with Crippen LogP contribution in [0.1, 0.15) is 99.3 Å². The van der Waals surface area contributed by atoms with Gasteiger partial charge in [-0.2, -0.15) is 0 Å². The van der Waals surface area contributed by atoms with Gasteiger partial charge in [-0.15, -0.1) is 0 Å². The molecule has 164 valence electrons. The summed E-state index contributed by atoms with van der Waals surface area (Å²) >= 11 is 0. The molecule has 0 radical (unpaired) electrons. The molecule has 3 fully saturated rings. The highest BCUT2D eigenvalue weighted by Gasteiger charge is 2.57. The van der Waals surface area contributed by atoms with E-state index in [0.29, 0.717) is 22.7 Å². The Labute approximate surface area is 180 Å². The van der Waals surface area contributed by atoms with Crippen molar-refractivity contribution in [3.63, 3.8) is 0 Å². The Balaban J connectivity index is 1.52.